The van der Waals surface area contributed by atoms with E-state index in [-0.39, 0.29) is 17.8 Å². The van der Waals surface area contributed by atoms with Gasteiger partial charge in [-0.2, -0.15) is 0 Å². The van der Waals surface area contributed by atoms with Gasteiger partial charge in [0, 0.05) is 26.6 Å². The first kappa shape index (κ1) is 14.8. The second kappa shape index (κ2) is 5.81. The zero-order valence-electron chi connectivity index (χ0n) is 12.3. The number of carbonyl (C=O) groups is 3. The molecule has 2 fully saturated rings. The molecule has 0 aromatic heterocycles. The van der Waals surface area contributed by atoms with E-state index in [4.69, 9.17) is 0 Å². The van der Waals surface area contributed by atoms with Crippen LogP contribution in [0.3, 0.4) is 0 Å². The summed E-state index contributed by atoms with van der Waals surface area (Å²) in [5.41, 5.74) is -0.638. The minimum absolute atomic E-state index is 0.0510. The van der Waals surface area contributed by atoms with Gasteiger partial charge in [0.15, 0.2) is 0 Å². The van der Waals surface area contributed by atoms with E-state index in [1.807, 2.05) is 6.92 Å². The van der Waals surface area contributed by atoms with Crippen LogP contribution in [0.15, 0.2) is 0 Å². The molecule has 6 nitrogen and oxygen atoms in total. The molecule has 20 heavy (non-hydrogen) atoms. The highest BCUT2D eigenvalue weighted by Crippen LogP contribution is 2.35. The van der Waals surface area contributed by atoms with Gasteiger partial charge in [-0.05, 0) is 26.2 Å². The normalized spacial score (nSPS) is 20.6. The first-order chi connectivity index (χ1) is 9.50. The first-order valence-electron chi connectivity index (χ1n) is 7.38. The van der Waals surface area contributed by atoms with Crippen LogP contribution in [-0.2, 0) is 9.59 Å². The van der Waals surface area contributed by atoms with Gasteiger partial charge in [-0.1, -0.05) is 12.8 Å². The maximum absolute atomic E-state index is 12.4. The molecular formula is C14H23N3O3. The summed E-state index contributed by atoms with van der Waals surface area (Å²) in [5.74, 6) is -0.0496. The average Bonchev–Trinajstić information content (AvgIpc) is 2.98. The van der Waals surface area contributed by atoms with Gasteiger partial charge in [-0.25, -0.2) is 4.79 Å². The number of hydrogen-bond acceptors (Lipinski definition) is 3. The number of amides is 4. The molecule has 0 atom stereocenters. The summed E-state index contributed by atoms with van der Waals surface area (Å²) in [6.07, 6.45) is 4.35. The summed E-state index contributed by atoms with van der Waals surface area (Å²) in [6, 6.07) is -0.298. The van der Waals surface area contributed by atoms with Crippen molar-refractivity contribution in [2.75, 3.05) is 20.1 Å². The second-order valence-electron chi connectivity index (χ2n) is 5.69. The van der Waals surface area contributed by atoms with Crippen molar-refractivity contribution in [1.29, 1.82) is 0 Å². The summed E-state index contributed by atoms with van der Waals surface area (Å²) in [6.45, 7) is 2.92. The minimum Gasteiger partial charge on any atom is -0.346 e. The third-order valence-corrected chi connectivity index (χ3v) is 4.38. The zero-order valence-corrected chi connectivity index (χ0v) is 12.3. The number of imide groups is 1. The Labute approximate surface area is 119 Å². The quantitative estimate of drug-likeness (QED) is 0.767. The first-order valence-corrected chi connectivity index (χ1v) is 7.38. The maximum atomic E-state index is 12.4. The molecule has 1 N–H and O–H groups in total. The molecule has 2 aliphatic rings. The molecule has 4 amide bonds. The second-order valence-corrected chi connectivity index (χ2v) is 5.69. The van der Waals surface area contributed by atoms with Crippen molar-refractivity contribution in [1.82, 2.24) is 15.1 Å². The van der Waals surface area contributed by atoms with Crippen molar-refractivity contribution in [3.8, 4) is 0 Å². The predicted molar refractivity (Wildman–Crippen MR) is 74.0 cm³/mol. The van der Waals surface area contributed by atoms with Crippen LogP contribution in [0.25, 0.3) is 0 Å². The van der Waals surface area contributed by atoms with Gasteiger partial charge < -0.3 is 10.2 Å². The van der Waals surface area contributed by atoms with E-state index in [1.165, 1.54) is 4.90 Å². The Kier molecular flexibility index (Phi) is 4.30. The van der Waals surface area contributed by atoms with E-state index in [2.05, 4.69) is 5.32 Å². The fourth-order valence-corrected chi connectivity index (χ4v) is 2.95. The summed E-state index contributed by atoms with van der Waals surface area (Å²) in [4.78, 5) is 38.9. The lowest BCUT2D eigenvalue weighted by atomic mass is 9.98. The highest BCUT2D eigenvalue weighted by atomic mass is 16.2. The van der Waals surface area contributed by atoms with E-state index < -0.39 is 5.54 Å². The largest absolute Gasteiger partial charge is 0.346 e. The Morgan fingerprint density at radius 2 is 2.00 bits per heavy atom. The van der Waals surface area contributed by atoms with Crippen LogP contribution < -0.4 is 5.32 Å². The molecule has 1 saturated heterocycles. The summed E-state index contributed by atoms with van der Waals surface area (Å²) in [7, 11) is 1.75. The highest BCUT2D eigenvalue weighted by Gasteiger charge is 2.51. The van der Waals surface area contributed by atoms with Crippen LogP contribution in [-0.4, -0.2) is 53.3 Å². The van der Waals surface area contributed by atoms with Crippen LogP contribution >= 0.6 is 0 Å². The Morgan fingerprint density at radius 1 is 1.35 bits per heavy atom. The average molecular weight is 281 g/mol. The Bertz CT molecular complexity index is 416. The fraction of sp³-hybridized carbons (Fsp3) is 0.786. The lowest BCUT2D eigenvalue weighted by molar-refractivity contribution is -0.132. The summed E-state index contributed by atoms with van der Waals surface area (Å²) in [5, 5.41) is 2.84. The van der Waals surface area contributed by atoms with Crippen molar-refractivity contribution in [3.63, 3.8) is 0 Å². The van der Waals surface area contributed by atoms with Crippen LogP contribution in [0.5, 0.6) is 0 Å². The van der Waals surface area contributed by atoms with E-state index in [0.717, 1.165) is 25.7 Å². The molecule has 1 saturated carbocycles. The Morgan fingerprint density at radius 3 is 2.60 bits per heavy atom. The minimum atomic E-state index is -0.638. The van der Waals surface area contributed by atoms with Crippen LogP contribution in [0.1, 0.15) is 45.4 Å². The highest BCUT2D eigenvalue weighted by molar-refractivity contribution is 6.07. The molecule has 2 rings (SSSR count). The molecule has 112 valence electrons. The smallest absolute Gasteiger partial charge is 0.325 e. The lowest BCUT2D eigenvalue weighted by Gasteiger charge is -2.20. The number of hydrogen-bond donors (Lipinski definition) is 1. The fourth-order valence-electron chi connectivity index (χ4n) is 2.95. The predicted octanol–water partition coefficient (Wildman–Crippen LogP) is 1.11. The van der Waals surface area contributed by atoms with Crippen LogP contribution in [0, 0.1) is 0 Å². The van der Waals surface area contributed by atoms with E-state index >= 15 is 0 Å². The lowest BCUT2D eigenvalue weighted by Crippen LogP contribution is -2.44. The van der Waals surface area contributed by atoms with Crippen molar-refractivity contribution in [2.45, 2.75) is 51.0 Å². The summed E-state index contributed by atoms with van der Waals surface area (Å²) >= 11 is 0. The van der Waals surface area contributed by atoms with E-state index in [1.54, 1.807) is 11.9 Å². The molecule has 6 heteroatoms. The van der Waals surface area contributed by atoms with Crippen molar-refractivity contribution >= 4 is 17.8 Å². The molecule has 1 heterocycles. The number of nitrogens with zero attached hydrogens (tertiary/aromatic N) is 2. The molecule has 0 radical (unpaired) electrons. The van der Waals surface area contributed by atoms with Gasteiger partial charge in [0.25, 0.3) is 5.91 Å². The Balaban J connectivity index is 1.86. The van der Waals surface area contributed by atoms with Gasteiger partial charge in [0.2, 0.25) is 5.91 Å². The third-order valence-electron chi connectivity index (χ3n) is 4.38. The molecule has 0 unspecified atom stereocenters. The molecule has 0 aromatic rings. The third kappa shape index (κ3) is 2.64. The van der Waals surface area contributed by atoms with Crippen molar-refractivity contribution in [2.24, 2.45) is 0 Å². The zero-order chi connectivity index (χ0) is 14.8. The number of urea groups is 1. The molecule has 1 aliphatic heterocycles. The number of carbonyl (C=O) groups excluding carboxylic acids is 3. The van der Waals surface area contributed by atoms with Crippen LogP contribution in [0.4, 0.5) is 4.79 Å². The van der Waals surface area contributed by atoms with Gasteiger partial charge in [0.1, 0.15) is 5.54 Å². The van der Waals surface area contributed by atoms with Gasteiger partial charge in [-0.3, -0.25) is 14.5 Å². The van der Waals surface area contributed by atoms with E-state index in [0.29, 0.717) is 25.9 Å². The van der Waals surface area contributed by atoms with Gasteiger partial charge >= 0.3 is 6.03 Å². The van der Waals surface area contributed by atoms with Crippen LogP contribution in [0.2, 0.25) is 0 Å². The van der Waals surface area contributed by atoms with Crippen molar-refractivity contribution < 1.29 is 14.4 Å². The monoisotopic (exact) mass is 281 g/mol. The van der Waals surface area contributed by atoms with Crippen molar-refractivity contribution in [3.05, 3.63) is 0 Å². The molecular weight excluding hydrogens is 258 g/mol. The summed E-state index contributed by atoms with van der Waals surface area (Å²) < 4.78 is 0. The SMILES string of the molecule is CCN(C)C(=O)CCCN1C(=O)NC2(CCCC2)C1=O. The van der Waals surface area contributed by atoms with Gasteiger partial charge in [0.05, 0.1) is 0 Å². The van der Waals surface area contributed by atoms with Gasteiger partial charge in [-0.15, -0.1) is 0 Å². The molecule has 1 spiro atoms. The van der Waals surface area contributed by atoms with E-state index in [9.17, 15) is 14.4 Å². The molecule has 1 aliphatic carbocycles. The number of rotatable bonds is 5. The molecule has 0 aromatic carbocycles. The Hall–Kier alpha value is -1.59. The standard InChI is InChI=1S/C14H23N3O3/c1-3-16(2)11(18)7-6-10-17-12(19)14(15-13(17)20)8-4-5-9-14/h3-10H2,1-2H3,(H,15,20). The molecule has 0 bridgehead atoms. The maximum Gasteiger partial charge on any atom is 0.325 e. The topological polar surface area (TPSA) is 69.7 Å². The number of nitrogens with one attached hydrogen (secondary N) is 1.